The fourth-order valence-electron chi connectivity index (χ4n) is 1.88. The van der Waals surface area contributed by atoms with Gasteiger partial charge in [-0.05, 0) is 35.1 Å². The fourth-order valence-corrected chi connectivity index (χ4v) is 2.10. The fraction of sp³-hybridized carbons (Fsp3) is 0.200. The Bertz CT molecular complexity index is 644. The molecular weight excluding hydrogens is 284 g/mol. The third kappa shape index (κ3) is 4.61. The summed E-state index contributed by atoms with van der Waals surface area (Å²) in [7, 11) is 1.58. The lowest BCUT2D eigenvalue weighted by Gasteiger charge is -2.11. The molecule has 6 heteroatoms. The lowest BCUT2D eigenvalue weighted by atomic mass is 10.1. The van der Waals surface area contributed by atoms with Crippen LogP contribution in [-0.4, -0.2) is 31.3 Å². The highest BCUT2D eigenvalue weighted by atomic mass is 32.1. The second-order valence-electron chi connectivity index (χ2n) is 4.45. The third-order valence-corrected chi connectivity index (χ3v) is 3.18. The zero-order chi connectivity index (χ0) is 15.1. The van der Waals surface area contributed by atoms with Gasteiger partial charge in [-0.3, -0.25) is 0 Å². The predicted molar refractivity (Wildman–Crippen MR) is 90.6 cm³/mol. The highest BCUT2D eigenvalue weighted by molar-refractivity contribution is 7.80. The molecule has 0 saturated carbocycles. The van der Waals surface area contributed by atoms with Gasteiger partial charge in [0.1, 0.15) is 0 Å². The molecule has 0 unspecified atom stereocenters. The SMILES string of the molecule is CNC(=O)NCCNC(=S)Nc1ccc2ccccc2c1. The molecule has 0 aromatic heterocycles. The number of anilines is 1. The van der Waals surface area contributed by atoms with Crippen LogP contribution in [-0.2, 0) is 0 Å². The van der Waals surface area contributed by atoms with Gasteiger partial charge in [0.05, 0.1) is 0 Å². The summed E-state index contributed by atoms with van der Waals surface area (Å²) in [6.45, 7) is 1.06. The van der Waals surface area contributed by atoms with Crippen LogP contribution in [0.25, 0.3) is 10.8 Å². The lowest BCUT2D eigenvalue weighted by molar-refractivity contribution is 0.243. The molecule has 0 aliphatic heterocycles. The number of amides is 2. The summed E-state index contributed by atoms with van der Waals surface area (Å²) in [5, 5.41) is 14.2. The van der Waals surface area contributed by atoms with Gasteiger partial charge in [-0.25, -0.2) is 4.79 Å². The van der Waals surface area contributed by atoms with Crippen molar-refractivity contribution in [1.82, 2.24) is 16.0 Å². The number of carbonyl (C=O) groups is 1. The molecule has 5 nitrogen and oxygen atoms in total. The smallest absolute Gasteiger partial charge is 0.314 e. The minimum atomic E-state index is -0.204. The van der Waals surface area contributed by atoms with Crippen LogP contribution in [0.4, 0.5) is 10.5 Å². The predicted octanol–water partition coefficient (Wildman–Crippen LogP) is 2.06. The molecule has 21 heavy (non-hydrogen) atoms. The largest absolute Gasteiger partial charge is 0.361 e. The standard InChI is InChI=1S/C15H18N4OS/c1-16-14(20)17-8-9-18-15(21)19-13-7-6-11-4-2-3-5-12(11)10-13/h2-7,10H,8-9H2,1H3,(H2,16,17,20)(H2,18,19,21). The summed E-state index contributed by atoms with van der Waals surface area (Å²) in [5.74, 6) is 0. The minimum Gasteiger partial charge on any atom is -0.361 e. The summed E-state index contributed by atoms with van der Waals surface area (Å²) < 4.78 is 0. The van der Waals surface area contributed by atoms with Gasteiger partial charge in [-0.15, -0.1) is 0 Å². The first-order valence-corrected chi connectivity index (χ1v) is 7.09. The van der Waals surface area contributed by atoms with Gasteiger partial charge in [-0.2, -0.15) is 0 Å². The molecule has 0 atom stereocenters. The van der Waals surface area contributed by atoms with Crippen molar-refractivity contribution in [2.75, 3.05) is 25.5 Å². The first kappa shape index (κ1) is 15.1. The molecule has 4 N–H and O–H groups in total. The van der Waals surface area contributed by atoms with E-state index in [9.17, 15) is 4.79 Å². The number of nitrogens with one attached hydrogen (secondary N) is 4. The maximum absolute atomic E-state index is 11.0. The van der Waals surface area contributed by atoms with Crippen molar-refractivity contribution >= 4 is 39.8 Å². The Kier molecular flexibility index (Phi) is 5.34. The number of hydrogen-bond acceptors (Lipinski definition) is 2. The van der Waals surface area contributed by atoms with E-state index < -0.39 is 0 Å². The van der Waals surface area contributed by atoms with Crippen LogP contribution in [0.15, 0.2) is 42.5 Å². The van der Waals surface area contributed by atoms with E-state index in [0.717, 1.165) is 11.1 Å². The van der Waals surface area contributed by atoms with Gasteiger partial charge < -0.3 is 21.3 Å². The van der Waals surface area contributed by atoms with Crippen molar-refractivity contribution in [2.24, 2.45) is 0 Å². The van der Waals surface area contributed by atoms with Gasteiger partial charge in [0.25, 0.3) is 0 Å². The maximum atomic E-state index is 11.0. The molecule has 2 amide bonds. The van der Waals surface area contributed by atoms with Gasteiger partial charge in [-0.1, -0.05) is 30.3 Å². The number of hydrogen-bond donors (Lipinski definition) is 4. The molecule has 0 spiro atoms. The van der Waals surface area contributed by atoms with Crippen LogP contribution < -0.4 is 21.3 Å². The molecule has 0 radical (unpaired) electrons. The van der Waals surface area contributed by atoms with Gasteiger partial charge >= 0.3 is 6.03 Å². The zero-order valence-electron chi connectivity index (χ0n) is 11.8. The van der Waals surface area contributed by atoms with E-state index in [2.05, 4.69) is 33.4 Å². The van der Waals surface area contributed by atoms with E-state index in [-0.39, 0.29) is 6.03 Å². The van der Waals surface area contributed by atoms with Crippen molar-refractivity contribution in [3.63, 3.8) is 0 Å². The first-order valence-electron chi connectivity index (χ1n) is 6.68. The Morgan fingerprint density at radius 1 is 1.05 bits per heavy atom. The molecule has 0 heterocycles. The Morgan fingerprint density at radius 2 is 1.76 bits per heavy atom. The Morgan fingerprint density at radius 3 is 2.52 bits per heavy atom. The van der Waals surface area contributed by atoms with Crippen molar-refractivity contribution in [3.05, 3.63) is 42.5 Å². The molecule has 110 valence electrons. The molecular formula is C15H18N4OS. The maximum Gasteiger partial charge on any atom is 0.314 e. The summed E-state index contributed by atoms with van der Waals surface area (Å²) in [5.41, 5.74) is 0.936. The van der Waals surface area contributed by atoms with Crippen molar-refractivity contribution in [2.45, 2.75) is 0 Å². The van der Waals surface area contributed by atoms with Crippen LogP contribution in [0.3, 0.4) is 0 Å². The molecule has 0 bridgehead atoms. The Balaban J connectivity index is 1.82. The summed E-state index contributed by atoms with van der Waals surface area (Å²) in [6.07, 6.45) is 0. The van der Waals surface area contributed by atoms with Crippen LogP contribution in [0.1, 0.15) is 0 Å². The van der Waals surface area contributed by atoms with Crippen molar-refractivity contribution < 1.29 is 4.79 Å². The second kappa shape index (κ2) is 7.44. The minimum absolute atomic E-state index is 0.204. The first-order chi connectivity index (χ1) is 10.2. The van der Waals surface area contributed by atoms with Crippen LogP contribution in [0.5, 0.6) is 0 Å². The van der Waals surface area contributed by atoms with Gasteiger partial charge in [0.2, 0.25) is 0 Å². The third-order valence-electron chi connectivity index (χ3n) is 2.93. The van der Waals surface area contributed by atoms with E-state index in [1.54, 1.807) is 7.05 Å². The van der Waals surface area contributed by atoms with Gasteiger partial charge in [0.15, 0.2) is 5.11 Å². The zero-order valence-corrected chi connectivity index (χ0v) is 12.6. The quantitative estimate of drug-likeness (QED) is 0.516. The highest BCUT2D eigenvalue weighted by Gasteiger charge is 2.00. The summed E-state index contributed by atoms with van der Waals surface area (Å²) >= 11 is 5.22. The Labute approximate surface area is 129 Å². The summed E-state index contributed by atoms with van der Waals surface area (Å²) in [4.78, 5) is 11.0. The molecule has 2 aromatic rings. The lowest BCUT2D eigenvalue weighted by Crippen LogP contribution is -2.39. The monoisotopic (exact) mass is 302 g/mol. The molecule has 2 rings (SSSR count). The van der Waals surface area contributed by atoms with Crippen molar-refractivity contribution in [1.29, 1.82) is 0 Å². The van der Waals surface area contributed by atoms with Crippen LogP contribution in [0, 0.1) is 0 Å². The van der Waals surface area contributed by atoms with Gasteiger partial charge in [0, 0.05) is 25.8 Å². The number of carbonyl (C=O) groups excluding carboxylic acids is 1. The van der Waals surface area contributed by atoms with E-state index in [0.29, 0.717) is 18.2 Å². The number of urea groups is 1. The van der Waals surface area contributed by atoms with E-state index in [1.807, 2.05) is 30.3 Å². The van der Waals surface area contributed by atoms with E-state index >= 15 is 0 Å². The highest BCUT2D eigenvalue weighted by Crippen LogP contribution is 2.18. The Hall–Kier alpha value is -2.34. The molecule has 2 aromatic carbocycles. The average Bonchev–Trinajstić information content (AvgIpc) is 2.51. The molecule has 0 aliphatic carbocycles. The van der Waals surface area contributed by atoms with E-state index in [4.69, 9.17) is 12.2 Å². The molecule has 0 saturated heterocycles. The normalized spacial score (nSPS) is 9.95. The number of benzene rings is 2. The topological polar surface area (TPSA) is 65.2 Å². The van der Waals surface area contributed by atoms with Crippen LogP contribution >= 0.6 is 12.2 Å². The number of rotatable bonds is 4. The summed E-state index contributed by atoms with van der Waals surface area (Å²) in [6, 6.07) is 14.0. The molecule has 0 aliphatic rings. The number of fused-ring (bicyclic) bond motifs is 1. The average molecular weight is 302 g/mol. The molecule has 0 fully saturated rings. The van der Waals surface area contributed by atoms with Crippen LogP contribution in [0.2, 0.25) is 0 Å². The van der Waals surface area contributed by atoms with E-state index in [1.165, 1.54) is 5.39 Å². The van der Waals surface area contributed by atoms with Crippen molar-refractivity contribution in [3.8, 4) is 0 Å². The second-order valence-corrected chi connectivity index (χ2v) is 4.86. The number of thiocarbonyl (C=S) groups is 1.